The molecule has 0 aliphatic carbocycles. The van der Waals surface area contributed by atoms with Gasteiger partial charge in [0, 0.05) is 10.6 Å². The lowest BCUT2D eigenvalue weighted by molar-refractivity contribution is 0.0484. The molecule has 0 radical (unpaired) electrons. The summed E-state index contributed by atoms with van der Waals surface area (Å²) in [5.41, 5.74) is 4.75. The Balaban J connectivity index is 2.42. The molecule has 0 spiro atoms. The van der Waals surface area contributed by atoms with Crippen molar-refractivity contribution in [3.8, 4) is 0 Å². The number of esters is 1. The zero-order chi connectivity index (χ0) is 28.2. The second-order valence-corrected chi connectivity index (χ2v) is 12.0. The molecule has 1 aromatic carbocycles. The molecular weight excluding hydrogens is 519 g/mol. The summed E-state index contributed by atoms with van der Waals surface area (Å²) >= 11 is 1.64. The molecule has 1 rings (SSSR count). The minimum atomic E-state index is -3.50. The quantitative estimate of drug-likeness (QED) is 0.0512. The Morgan fingerprint density at radius 3 is 2.11 bits per heavy atom. The van der Waals surface area contributed by atoms with Gasteiger partial charge in [0.15, 0.2) is 0 Å². The topological polar surface area (TPSA) is 71.1 Å². The largest absolute Gasteiger partial charge is 0.474 e. The third-order valence-corrected chi connectivity index (χ3v) is 8.14. The fraction of sp³-hybridized carbons (Fsp3) is 0.567. The minimum absolute atomic E-state index is 0.207. The summed E-state index contributed by atoms with van der Waals surface area (Å²) in [6, 6.07) is 7.54. The highest BCUT2D eigenvalue weighted by atomic mass is 32.2. The monoisotopic (exact) mass is 566 g/mol. The number of rotatable bonds is 20. The Labute approximate surface area is 234 Å². The van der Waals surface area contributed by atoms with Gasteiger partial charge in [0.1, 0.15) is 0 Å². The van der Waals surface area contributed by atoms with Gasteiger partial charge in [0.05, 0.1) is 32.0 Å². The number of benzene rings is 1. The third kappa shape index (κ3) is 15.7. The number of hydrogen-bond acceptors (Lipinski definition) is 7. The molecule has 0 aromatic heterocycles. The van der Waals surface area contributed by atoms with E-state index in [1.54, 1.807) is 31.7 Å². The maximum atomic E-state index is 12.7. The molecule has 0 unspecified atom stereocenters. The molecule has 0 aliphatic rings. The molecule has 38 heavy (non-hydrogen) atoms. The fourth-order valence-corrected chi connectivity index (χ4v) is 5.66. The van der Waals surface area contributed by atoms with Crippen LogP contribution < -0.4 is 0 Å². The predicted octanol–water partition coefficient (Wildman–Crippen LogP) is 9.33. The molecular formula is C30H47O6PS. The SMILES string of the molecule is CCOP(=O)(OCC)OCCCCOC(=O)c1ccccc1SCC=C(C)CCC=C(C)CCC=C(C)C. The van der Waals surface area contributed by atoms with Crippen LogP contribution in [0.5, 0.6) is 0 Å². The number of ether oxygens (including phenoxy) is 1. The van der Waals surface area contributed by atoms with E-state index in [-0.39, 0.29) is 32.4 Å². The van der Waals surface area contributed by atoms with E-state index in [1.165, 1.54) is 16.7 Å². The first-order valence-electron chi connectivity index (χ1n) is 13.6. The molecule has 0 aliphatic heterocycles. The predicted molar refractivity (Wildman–Crippen MR) is 159 cm³/mol. The summed E-state index contributed by atoms with van der Waals surface area (Å²) in [6.07, 6.45) is 12.4. The highest BCUT2D eigenvalue weighted by Gasteiger charge is 2.24. The summed E-state index contributed by atoms with van der Waals surface area (Å²) in [5, 5.41) is 0. The average molecular weight is 567 g/mol. The van der Waals surface area contributed by atoms with Crippen molar-refractivity contribution in [3.05, 3.63) is 64.8 Å². The van der Waals surface area contributed by atoms with E-state index >= 15 is 0 Å². The van der Waals surface area contributed by atoms with Gasteiger partial charge in [-0.2, -0.15) is 0 Å². The normalized spacial score (nSPS) is 12.5. The van der Waals surface area contributed by atoms with Crippen LogP contribution in [0.3, 0.4) is 0 Å². The maximum absolute atomic E-state index is 12.7. The number of carbonyl (C=O) groups is 1. The number of thioether (sulfide) groups is 1. The Morgan fingerprint density at radius 1 is 0.842 bits per heavy atom. The summed E-state index contributed by atoms with van der Waals surface area (Å²) in [6.45, 7) is 13.1. The first-order valence-corrected chi connectivity index (χ1v) is 16.0. The van der Waals surface area contributed by atoms with Gasteiger partial charge in [-0.15, -0.1) is 11.8 Å². The van der Waals surface area contributed by atoms with Crippen LogP contribution in [0.4, 0.5) is 0 Å². The van der Waals surface area contributed by atoms with Crippen molar-refractivity contribution in [2.24, 2.45) is 0 Å². The summed E-state index contributed by atoms with van der Waals surface area (Å²) in [7, 11) is -3.50. The molecule has 0 saturated carbocycles. The Kier molecular flexibility index (Phi) is 18.4. The van der Waals surface area contributed by atoms with Gasteiger partial charge in [0.25, 0.3) is 0 Å². The number of carbonyl (C=O) groups excluding carboxylic acids is 1. The molecule has 0 amide bonds. The standard InChI is InChI=1S/C30H47O6PS/c1-7-34-37(32,35-8-2)36-23-12-11-22-33-30(31)28-19-9-10-20-29(28)38-24-21-27(6)18-14-17-26(5)16-13-15-25(3)4/h9-10,15,17,19-21H,7-8,11-14,16,18,22-24H2,1-6H3. The van der Waals surface area contributed by atoms with E-state index < -0.39 is 7.82 Å². The van der Waals surface area contributed by atoms with Gasteiger partial charge in [-0.25, -0.2) is 9.36 Å². The molecule has 214 valence electrons. The van der Waals surface area contributed by atoms with E-state index in [2.05, 4.69) is 45.9 Å². The van der Waals surface area contributed by atoms with Crippen molar-refractivity contribution < 1.29 is 27.7 Å². The molecule has 0 saturated heterocycles. The van der Waals surface area contributed by atoms with Gasteiger partial charge >= 0.3 is 13.8 Å². The lowest BCUT2D eigenvalue weighted by Gasteiger charge is -2.16. The molecule has 6 nitrogen and oxygen atoms in total. The van der Waals surface area contributed by atoms with E-state index in [1.807, 2.05) is 18.2 Å². The van der Waals surface area contributed by atoms with Gasteiger partial charge in [-0.05, 0) is 92.2 Å². The van der Waals surface area contributed by atoms with Crippen molar-refractivity contribution in [3.63, 3.8) is 0 Å². The zero-order valence-electron chi connectivity index (χ0n) is 24.1. The van der Waals surface area contributed by atoms with Crippen LogP contribution in [0, 0.1) is 0 Å². The van der Waals surface area contributed by atoms with Gasteiger partial charge in [0.2, 0.25) is 0 Å². The van der Waals surface area contributed by atoms with Crippen LogP contribution >= 0.6 is 19.6 Å². The Morgan fingerprint density at radius 2 is 1.45 bits per heavy atom. The third-order valence-electron chi connectivity index (χ3n) is 5.50. The second-order valence-electron chi connectivity index (χ2n) is 9.23. The van der Waals surface area contributed by atoms with E-state index in [0.29, 0.717) is 18.4 Å². The molecule has 0 atom stereocenters. The van der Waals surface area contributed by atoms with Crippen molar-refractivity contribution >= 4 is 25.6 Å². The van der Waals surface area contributed by atoms with Gasteiger partial charge < -0.3 is 4.74 Å². The van der Waals surface area contributed by atoms with Gasteiger partial charge in [-0.1, -0.05) is 47.1 Å². The van der Waals surface area contributed by atoms with Crippen molar-refractivity contribution in [1.82, 2.24) is 0 Å². The van der Waals surface area contributed by atoms with Crippen molar-refractivity contribution in [2.45, 2.75) is 85.0 Å². The van der Waals surface area contributed by atoms with E-state index in [9.17, 15) is 9.36 Å². The lowest BCUT2D eigenvalue weighted by atomic mass is 10.1. The van der Waals surface area contributed by atoms with Gasteiger partial charge in [-0.3, -0.25) is 13.6 Å². The van der Waals surface area contributed by atoms with E-state index in [4.69, 9.17) is 18.3 Å². The lowest BCUT2D eigenvalue weighted by Crippen LogP contribution is -2.08. The zero-order valence-corrected chi connectivity index (χ0v) is 25.8. The van der Waals surface area contributed by atoms with Crippen molar-refractivity contribution in [2.75, 3.05) is 32.2 Å². The number of allylic oxidation sites excluding steroid dienone is 5. The highest BCUT2D eigenvalue weighted by Crippen LogP contribution is 2.49. The summed E-state index contributed by atoms with van der Waals surface area (Å²) < 4.78 is 33.2. The van der Waals surface area contributed by atoms with Crippen LogP contribution in [-0.4, -0.2) is 38.1 Å². The van der Waals surface area contributed by atoms with Crippen LogP contribution in [-0.2, 0) is 22.9 Å². The number of unbranched alkanes of at least 4 members (excludes halogenated alkanes) is 1. The van der Waals surface area contributed by atoms with Crippen molar-refractivity contribution in [1.29, 1.82) is 0 Å². The van der Waals surface area contributed by atoms with E-state index in [0.717, 1.165) is 36.3 Å². The summed E-state index contributed by atoms with van der Waals surface area (Å²) in [4.78, 5) is 13.6. The smallest absolute Gasteiger partial charge is 0.462 e. The molecule has 0 heterocycles. The number of hydrogen-bond donors (Lipinski definition) is 0. The highest BCUT2D eigenvalue weighted by molar-refractivity contribution is 7.99. The Hall–Kier alpha value is -1.63. The average Bonchev–Trinajstić information content (AvgIpc) is 2.86. The first-order chi connectivity index (χ1) is 18.2. The first kappa shape index (κ1) is 34.4. The second kappa shape index (κ2) is 20.3. The molecule has 0 bridgehead atoms. The number of phosphoric ester groups is 1. The Bertz CT molecular complexity index is 955. The maximum Gasteiger partial charge on any atom is 0.474 e. The van der Waals surface area contributed by atoms with Crippen LogP contribution in [0.1, 0.15) is 90.4 Å². The fourth-order valence-electron chi connectivity index (χ4n) is 3.42. The van der Waals surface area contributed by atoms with Crippen LogP contribution in [0.2, 0.25) is 0 Å². The van der Waals surface area contributed by atoms with Crippen LogP contribution in [0.25, 0.3) is 0 Å². The molecule has 1 aromatic rings. The minimum Gasteiger partial charge on any atom is -0.462 e. The molecule has 0 fully saturated rings. The van der Waals surface area contributed by atoms with Crippen LogP contribution in [0.15, 0.2) is 64.1 Å². The summed E-state index contributed by atoms with van der Waals surface area (Å²) in [5.74, 6) is 0.467. The molecule has 8 heteroatoms. The molecule has 0 N–H and O–H groups in total. The number of phosphoric acid groups is 1.